The third-order valence-electron chi connectivity index (χ3n) is 3.53. The SMILES string of the molecule is CCOC(=O)c1nn(C[C@@H]2CCCO2)c(C(=O)OCC)c1C. The second-order valence-corrected chi connectivity index (χ2v) is 5.08. The Balaban J connectivity index is 2.33. The molecule has 1 atom stereocenters. The molecule has 7 heteroatoms. The van der Waals surface area contributed by atoms with Gasteiger partial charge in [0.15, 0.2) is 5.69 Å². The van der Waals surface area contributed by atoms with Gasteiger partial charge in [-0.2, -0.15) is 5.10 Å². The topological polar surface area (TPSA) is 79.6 Å². The standard InChI is InChI=1S/C15H22N2O5/c1-4-20-14(18)12-10(3)13(15(19)21-5-2)17(16-12)9-11-7-6-8-22-11/h11H,4-9H2,1-3H3/t11-/m0/s1. The third kappa shape index (κ3) is 3.47. The summed E-state index contributed by atoms with van der Waals surface area (Å²) < 4.78 is 17.2. The Morgan fingerprint density at radius 3 is 2.55 bits per heavy atom. The second kappa shape index (κ2) is 7.40. The molecule has 0 unspecified atom stereocenters. The minimum absolute atomic E-state index is 0.00234. The molecule has 1 aliphatic heterocycles. The Morgan fingerprint density at radius 1 is 1.27 bits per heavy atom. The molecule has 0 N–H and O–H groups in total. The first-order valence-electron chi connectivity index (χ1n) is 7.61. The van der Waals surface area contributed by atoms with Crippen LogP contribution in [0.3, 0.4) is 0 Å². The second-order valence-electron chi connectivity index (χ2n) is 5.08. The molecule has 2 rings (SSSR count). The van der Waals surface area contributed by atoms with Crippen molar-refractivity contribution >= 4 is 11.9 Å². The Kier molecular flexibility index (Phi) is 5.54. The van der Waals surface area contributed by atoms with E-state index in [9.17, 15) is 9.59 Å². The molecule has 0 aromatic carbocycles. The summed E-state index contributed by atoms with van der Waals surface area (Å²) in [5, 5.41) is 4.26. The third-order valence-corrected chi connectivity index (χ3v) is 3.53. The van der Waals surface area contributed by atoms with Crippen molar-refractivity contribution in [2.45, 2.75) is 46.3 Å². The number of rotatable bonds is 6. The van der Waals surface area contributed by atoms with Gasteiger partial charge >= 0.3 is 11.9 Å². The van der Waals surface area contributed by atoms with Gasteiger partial charge in [-0.05, 0) is 33.6 Å². The Bertz CT molecular complexity index is 546. The van der Waals surface area contributed by atoms with E-state index >= 15 is 0 Å². The van der Waals surface area contributed by atoms with Crippen molar-refractivity contribution in [2.24, 2.45) is 0 Å². The average Bonchev–Trinajstić information content (AvgIpc) is 3.08. The quantitative estimate of drug-likeness (QED) is 0.744. The van der Waals surface area contributed by atoms with Crippen LogP contribution in [0.5, 0.6) is 0 Å². The molecule has 0 aliphatic carbocycles. The molecule has 1 aromatic rings. The molecule has 22 heavy (non-hydrogen) atoms. The fourth-order valence-electron chi connectivity index (χ4n) is 2.52. The Labute approximate surface area is 129 Å². The van der Waals surface area contributed by atoms with Crippen molar-refractivity contribution in [2.75, 3.05) is 19.8 Å². The highest BCUT2D eigenvalue weighted by Gasteiger charge is 2.28. The van der Waals surface area contributed by atoms with Crippen LogP contribution in [0, 0.1) is 6.92 Å². The number of esters is 2. The lowest BCUT2D eigenvalue weighted by atomic mass is 10.2. The lowest BCUT2D eigenvalue weighted by molar-refractivity contribution is 0.0492. The van der Waals surface area contributed by atoms with Crippen LogP contribution < -0.4 is 0 Å². The number of aromatic nitrogens is 2. The van der Waals surface area contributed by atoms with Gasteiger partial charge in [0.25, 0.3) is 0 Å². The highest BCUT2D eigenvalue weighted by molar-refractivity contribution is 5.95. The van der Waals surface area contributed by atoms with E-state index in [1.807, 2.05) is 0 Å². The highest BCUT2D eigenvalue weighted by Crippen LogP contribution is 2.20. The molecule has 2 heterocycles. The van der Waals surface area contributed by atoms with Gasteiger partial charge in [-0.3, -0.25) is 4.68 Å². The monoisotopic (exact) mass is 310 g/mol. The molecule has 0 bridgehead atoms. The summed E-state index contributed by atoms with van der Waals surface area (Å²) in [7, 11) is 0. The van der Waals surface area contributed by atoms with Gasteiger partial charge in [0.05, 0.1) is 25.9 Å². The molecule has 1 saturated heterocycles. The molecule has 1 aliphatic rings. The van der Waals surface area contributed by atoms with E-state index in [0.717, 1.165) is 12.8 Å². The lowest BCUT2D eigenvalue weighted by Gasteiger charge is -2.12. The van der Waals surface area contributed by atoms with Crippen molar-refractivity contribution < 1.29 is 23.8 Å². The maximum absolute atomic E-state index is 12.2. The van der Waals surface area contributed by atoms with Crippen LogP contribution in [0.25, 0.3) is 0 Å². The average molecular weight is 310 g/mol. The maximum atomic E-state index is 12.2. The molecule has 7 nitrogen and oxygen atoms in total. The van der Waals surface area contributed by atoms with Crippen LogP contribution in [0.1, 0.15) is 53.2 Å². The largest absolute Gasteiger partial charge is 0.461 e. The van der Waals surface area contributed by atoms with Gasteiger partial charge in [0, 0.05) is 12.2 Å². The van der Waals surface area contributed by atoms with Gasteiger partial charge in [-0.25, -0.2) is 9.59 Å². The van der Waals surface area contributed by atoms with Gasteiger partial charge in [-0.1, -0.05) is 0 Å². The summed E-state index contributed by atoms with van der Waals surface area (Å²) in [6, 6.07) is 0. The predicted molar refractivity (Wildman–Crippen MR) is 77.9 cm³/mol. The normalized spacial score (nSPS) is 17.5. The molecule has 0 spiro atoms. The van der Waals surface area contributed by atoms with Crippen LogP contribution in [0.4, 0.5) is 0 Å². The van der Waals surface area contributed by atoms with Crippen molar-refractivity contribution in [3.05, 3.63) is 17.0 Å². The first kappa shape index (κ1) is 16.5. The molecular weight excluding hydrogens is 288 g/mol. The van der Waals surface area contributed by atoms with Crippen molar-refractivity contribution in [1.82, 2.24) is 9.78 Å². The van der Waals surface area contributed by atoms with E-state index in [1.165, 1.54) is 4.68 Å². The number of hydrogen-bond donors (Lipinski definition) is 0. The summed E-state index contributed by atoms with van der Waals surface area (Å²) in [6.07, 6.45) is 1.91. The minimum atomic E-state index is -0.531. The van der Waals surface area contributed by atoms with Gasteiger partial charge < -0.3 is 14.2 Å². The van der Waals surface area contributed by atoms with E-state index in [1.54, 1.807) is 20.8 Å². The van der Waals surface area contributed by atoms with E-state index < -0.39 is 11.9 Å². The van der Waals surface area contributed by atoms with E-state index in [4.69, 9.17) is 14.2 Å². The zero-order valence-electron chi connectivity index (χ0n) is 13.3. The molecule has 1 aromatic heterocycles. The summed E-state index contributed by atoms with van der Waals surface area (Å²) in [5.74, 6) is -1.02. The van der Waals surface area contributed by atoms with Crippen molar-refractivity contribution in [3.63, 3.8) is 0 Å². The van der Waals surface area contributed by atoms with Crippen LogP contribution in [0.15, 0.2) is 0 Å². The van der Waals surface area contributed by atoms with Crippen molar-refractivity contribution in [3.8, 4) is 0 Å². The number of carbonyl (C=O) groups excluding carboxylic acids is 2. The van der Waals surface area contributed by atoms with E-state index in [0.29, 0.717) is 24.4 Å². The first-order chi connectivity index (χ1) is 10.6. The minimum Gasteiger partial charge on any atom is -0.461 e. The summed E-state index contributed by atoms with van der Waals surface area (Å²) >= 11 is 0. The summed E-state index contributed by atoms with van der Waals surface area (Å²) in [5.41, 5.74) is 0.929. The van der Waals surface area contributed by atoms with Gasteiger partial charge in [0.2, 0.25) is 0 Å². The van der Waals surface area contributed by atoms with Crippen LogP contribution in [0.2, 0.25) is 0 Å². The summed E-state index contributed by atoms with van der Waals surface area (Å²) in [4.78, 5) is 24.1. The first-order valence-corrected chi connectivity index (χ1v) is 7.61. The zero-order valence-corrected chi connectivity index (χ0v) is 13.3. The zero-order chi connectivity index (χ0) is 16.1. The molecule has 1 fully saturated rings. The number of carbonyl (C=O) groups is 2. The molecule has 0 saturated carbocycles. The van der Waals surface area contributed by atoms with Gasteiger partial charge in [0.1, 0.15) is 5.69 Å². The number of ether oxygens (including phenoxy) is 3. The van der Waals surface area contributed by atoms with Gasteiger partial charge in [-0.15, -0.1) is 0 Å². The molecular formula is C15H22N2O5. The molecule has 0 amide bonds. The van der Waals surface area contributed by atoms with Crippen LogP contribution in [-0.2, 0) is 20.8 Å². The molecule has 122 valence electrons. The fraction of sp³-hybridized carbons (Fsp3) is 0.667. The maximum Gasteiger partial charge on any atom is 0.359 e. The van der Waals surface area contributed by atoms with E-state index in [2.05, 4.69) is 5.10 Å². The van der Waals surface area contributed by atoms with Crippen LogP contribution >= 0.6 is 0 Å². The molecule has 0 radical (unpaired) electrons. The predicted octanol–water partition coefficient (Wildman–Crippen LogP) is 1.72. The Morgan fingerprint density at radius 2 is 1.95 bits per heavy atom. The van der Waals surface area contributed by atoms with Crippen molar-refractivity contribution in [1.29, 1.82) is 0 Å². The highest BCUT2D eigenvalue weighted by atomic mass is 16.5. The fourth-order valence-corrected chi connectivity index (χ4v) is 2.52. The smallest absolute Gasteiger partial charge is 0.359 e. The number of nitrogens with zero attached hydrogens (tertiary/aromatic N) is 2. The lowest BCUT2D eigenvalue weighted by Crippen LogP contribution is -2.21. The summed E-state index contributed by atoms with van der Waals surface area (Å²) in [6.45, 7) is 6.79. The van der Waals surface area contributed by atoms with Crippen LogP contribution in [-0.4, -0.2) is 47.6 Å². The van der Waals surface area contributed by atoms with E-state index in [-0.39, 0.29) is 25.0 Å². The number of hydrogen-bond acceptors (Lipinski definition) is 6. The Hall–Kier alpha value is -1.89.